The van der Waals surface area contributed by atoms with E-state index < -0.39 is 11.3 Å². The maximum absolute atomic E-state index is 13.4. The summed E-state index contributed by atoms with van der Waals surface area (Å²) in [7, 11) is 0. The molecule has 5 heteroatoms. The van der Waals surface area contributed by atoms with Crippen molar-refractivity contribution >= 4 is 5.82 Å². The summed E-state index contributed by atoms with van der Waals surface area (Å²) in [4.78, 5) is 6.70. The molecule has 1 aliphatic heterocycles. The molecule has 1 saturated heterocycles. The molecule has 1 saturated carbocycles. The second-order valence-electron chi connectivity index (χ2n) is 6.12. The maximum atomic E-state index is 13.4. The Bertz CT molecular complexity index is 476. The zero-order chi connectivity index (χ0) is 14.2. The van der Waals surface area contributed by atoms with Gasteiger partial charge in [0.25, 0.3) is 0 Å². The number of nitrogens with two attached hydrogens (primary N) is 1. The van der Waals surface area contributed by atoms with Gasteiger partial charge >= 0.3 is 0 Å². The van der Waals surface area contributed by atoms with Crippen LogP contribution >= 0.6 is 0 Å². The second kappa shape index (κ2) is 4.95. The van der Waals surface area contributed by atoms with Gasteiger partial charge in [-0.05, 0) is 25.3 Å². The largest absolute Gasteiger partial charge is 0.356 e. The van der Waals surface area contributed by atoms with E-state index in [4.69, 9.17) is 5.73 Å². The predicted molar refractivity (Wildman–Crippen MR) is 75.2 cm³/mol. The van der Waals surface area contributed by atoms with Crippen LogP contribution in [0.4, 0.5) is 14.6 Å². The molecule has 0 unspecified atom stereocenters. The Hall–Kier alpha value is -1.23. The van der Waals surface area contributed by atoms with Crippen molar-refractivity contribution in [2.45, 2.75) is 43.4 Å². The molecular weight excluding hydrogens is 260 g/mol. The highest BCUT2D eigenvalue weighted by Gasteiger charge is 2.57. The van der Waals surface area contributed by atoms with Gasteiger partial charge in [-0.15, -0.1) is 0 Å². The Morgan fingerprint density at radius 1 is 1.20 bits per heavy atom. The lowest BCUT2D eigenvalue weighted by Crippen LogP contribution is -2.54. The van der Waals surface area contributed by atoms with Crippen LogP contribution in [0, 0.1) is 0 Å². The smallest absolute Gasteiger partial charge is 0.250 e. The molecular formula is C15H21F2N3. The van der Waals surface area contributed by atoms with Crippen molar-refractivity contribution in [2.24, 2.45) is 5.73 Å². The van der Waals surface area contributed by atoms with Gasteiger partial charge in [-0.25, -0.2) is 13.8 Å². The molecule has 1 aromatic heterocycles. The lowest BCUT2D eigenvalue weighted by atomic mass is 9.62. The molecule has 0 atom stereocenters. The summed E-state index contributed by atoms with van der Waals surface area (Å²) in [6.07, 6.45) is 4.96. The molecule has 2 fully saturated rings. The number of anilines is 1. The van der Waals surface area contributed by atoms with Gasteiger partial charge in [-0.3, -0.25) is 0 Å². The molecule has 2 heterocycles. The Balaban J connectivity index is 1.93. The van der Waals surface area contributed by atoms with Gasteiger partial charge in [0.1, 0.15) is 5.82 Å². The number of rotatable bonds is 3. The fraction of sp³-hybridized carbons (Fsp3) is 0.667. The number of halogens is 2. The van der Waals surface area contributed by atoms with Crippen LogP contribution in [0.3, 0.4) is 0 Å². The summed E-state index contributed by atoms with van der Waals surface area (Å²) >= 11 is 0. The van der Waals surface area contributed by atoms with Crippen molar-refractivity contribution in [1.82, 2.24) is 4.98 Å². The minimum Gasteiger partial charge on any atom is -0.356 e. The van der Waals surface area contributed by atoms with E-state index in [2.05, 4.69) is 9.88 Å². The van der Waals surface area contributed by atoms with Crippen LogP contribution in [0.2, 0.25) is 0 Å². The van der Waals surface area contributed by atoms with Gasteiger partial charge in [0.15, 0.2) is 0 Å². The van der Waals surface area contributed by atoms with Crippen LogP contribution in [0.15, 0.2) is 18.3 Å². The Morgan fingerprint density at radius 2 is 1.90 bits per heavy atom. The molecule has 3 nitrogen and oxygen atoms in total. The van der Waals surface area contributed by atoms with Gasteiger partial charge < -0.3 is 10.6 Å². The zero-order valence-electron chi connectivity index (χ0n) is 11.6. The minimum atomic E-state index is -2.58. The molecule has 0 bridgehead atoms. The quantitative estimate of drug-likeness (QED) is 0.926. The predicted octanol–water partition coefficient (Wildman–Crippen LogP) is 2.70. The highest BCUT2D eigenvalue weighted by molar-refractivity contribution is 5.53. The Morgan fingerprint density at radius 3 is 2.50 bits per heavy atom. The van der Waals surface area contributed by atoms with E-state index in [9.17, 15) is 8.78 Å². The molecule has 0 radical (unpaired) electrons. The number of aromatic nitrogens is 1. The highest BCUT2D eigenvalue weighted by atomic mass is 19.3. The molecule has 2 aliphatic rings. The van der Waals surface area contributed by atoms with Crippen LogP contribution in [0.25, 0.3) is 0 Å². The molecule has 1 aromatic rings. The fourth-order valence-corrected chi connectivity index (χ4v) is 3.55. The molecule has 110 valence electrons. The normalized spacial score (nSPS) is 24.2. The number of hydrogen-bond donors (Lipinski definition) is 1. The van der Waals surface area contributed by atoms with Crippen molar-refractivity contribution in [3.63, 3.8) is 0 Å². The van der Waals surface area contributed by atoms with Gasteiger partial charge in [0.05, 0.1) is 0 Å². The van der Waals surface area contributed by atoms with E-state index in [1.807, 2.05) is 12.1 Å². The number of piperidine rings is 1. The Kier molecular flexibility index (Phi) is 3.40. The monoisotopic (exact) mass is 281 g/mol. The van der Waals surface area contributed by atoms with E-state index >= 15 is 0 Å². The van der Waals surface area contributed by atoms with Crippen LogP contribution in [0.5, 0.6) is 0 Å². The van der Waals surface area contributed by atoms with Gasteiger partial charge in [0.2, 0.25) is 5.92 Å². The molecule has 20 heavy (non-hydrogen) atoms. The van der Waals surface area contributed by atoms with Crippen molar-refractivity contribution in [3.05, 3.63) is 23.9 Å². The van der Waals surface area contributed by atoms with Crippen molar-refractivity contribution < 1.29 is 8.78 Å². The van der Waals surface area contributed by atoms with E-state index in [1.54, 1.807) is 6.20 Å². The third-order valence-corrected chi connectivity index (χ3v) is 4.60. The average molecular weight is 281 g/mol. The summed E-state index contributed by atoms with van der Waals surface area (Å²) in [6.45, 7) is 2.18. The number of hydrogen-bond acceptors (Lipinski definition) is 3. The van der Waals surface area contributed by atoms with Crippen LogP contribution in [-0.4, -0.2) is 30.5 Å². The SMILES string of the molecule is NCC1(c2cccnc2N2CCCCC2)CC(F)(F)C1. The summed E-state index contributed by atoms with van der Waals surface area (Å²) in [6, 6.07) is 3.76. The van der Waals surface area contributed by atoms with Crippen LogP contribution in [0.1, 0.15) is 37.7 Å². The first-order valence-corrected chi connectivity index (χ1v) is 7.35. The summed E-state index contributed by atoms with van der Waals surface area (Å²) in [5.74, 6) is -1.71. The first-order chi connectivity index (χ1) is 9.56. The van der Waals surface area contributed by atoms with Crippen molar-refractivity contribution in [2.75, 3.05) is 24.5 Å². The lowest BCUT2D eigenvalue weighted by Gasteiger charge is -2.48. The topological polar surface area (TPSA) is 42.1 Å². The van der Waals surface area contributed by atoms with Gasteiger partial charge in [-0.1, -0.05) is 6.07 Å². The number of pyridine rings is 1. The lowest BCUT2D eigenvalue weighted by molar-refractivity contribution is -0.123. The molecule has 3 rings (SSSR count). The average Bonchev–Trinajstić information content (AvgIpc) is 2.45. The fourth-order valence-electron chi connectivity index (χ4n) is 3.55. The van der Waals surface area contributed by atoms with Crippen molar-refractivity contribution in [3.8, 4) is 0 Å². The molecule has 0 spiro atoms. The van der Waals surface area contributed by atoms with Gasteiger partial charge in [0, 0.05) is 49.7 Å². The maximum Gasteiger partial charge on any atom is 0.250 e. The summed E-state index contributed by atoms with van der Waals surface area (Å²) < 4.78 is 26.8. The highest BCUT2D eigenvalue weighted by Crippen LogP contribution is 2.54. The molecule has 0 amide bonds. The zero-order valence-corrected chi connectivity index (χ0v) is 11.6. The second-order valence-corrected chi connectivity index (χ2v) is 6.12. The van der Waals surface area contributed by atoms with E-state index in [-0.39, 0.29) is 19.4 Å². The Labute approximate surface area is 118 Å². The van der Waals surface area contributed by atoms with E-state index in [1.165, 1.54) is 6.42 Å². The summed E-state index contributed by atoms with van der Waals surface area (Å²) in [5, 5.41) is 0. The first-order valence-electron chi connectivity index (χ1n) is 7.35. The first kappa shape index (κ1) is 13.7. The van der Waals surface area contributed by atoms with Crippen molar-refractivity contribution in [1.29, 1.82) is 0 Å². The molecule has 0 aromatic carbocycles. The number of nitrogens with zero attached hydrogens (tertiary/aromatic N) is 2. The molecule has 1 aliphatic carbocycles. The minimum absolute atomic E-state index is 0.150. The standard InChI is InChI=1S/C15H21F2N3/c16-15(17)9-14(10-15,11-18)12-5-4-6-19-13(12)20-7-2-1-3-8-20/h4-6H,1-3,7-11,18H2. The van der Waals surface area contributed by atoms with E-state index in [0.29, 0.717) is 0 Å². The van der Waals surface area contributed by atoms with Crippen LogP contribution < -0.4 is 10.6 Å². The number of alkyl halides is 2. The molecule has 2 N–H and O–H groups in total. The third kappa shape index (κ3) is 2.28. The van der Waals surface area contributed by atoms with Crippen LogP contribution in [-0.2, 0) is 5.41 Å². The van der Waals surface area contributed by atoms with E-state index in [0.717, 1.165) is 37.3 Å². The summed E-state index contributed by atoms with van der Waals surface area (Å²) in [5.41, 5.74) is 6.16. The third-order valence-electron chi connectivity index (χ3n) is 4.60. The van der Waals surface area contributed by atoms with Gasteiger partial charge in [-0.2, -0.15) is 0 Å².